The van der Waals surface area contributed by atoms with Gasteiger partial charge < -0.3 is 14.5 Å². The summed E-state index contributed by atoms with van der Waals surface area (Å²) in [6.45, 7) is 5.15. The number of nitrogens with one attached hydrogen (secondary N) is 2. The third kappa shape index (κ3) is 6.47. The zero-order chi connectivity index (χ0) is 25.3. The van der Waals surface area contributed by atoms with Crippen LogP contribution in [0.25, 0.3) is 22.2 Å². The van der Waals surface area contributed by atoms with E-state index in [4.69, 9.17) is 9.15 Å². The lowest BCUT2D eigenvalue weighted by Crippen LogP contribution is -2.37. The normalized spacial score (nSPS) is 14.8. The number of nitriles is 1. The van der Waals surface area contributed by atoms with Crippen molar-refractivity contribution in [1.82, 2.24) is 10.3 Å². The van der Waals surface area contributed by atoms with Crippen molar-refractivity contribution in [2.24, 2.45) is 0 Å². The number of allylic oxidation sites excluding steroid dienone is 1. The van der Waals surface area contributed by atoms with Crippen molar-refractivity contribution >= 4 is 11.1 Å². The van der Waals surface area contributed by atoms with Crippen LogP contribution in [0.2, 0.25) is 0 Å². The van der Waals surface area contributed by atoms with Gasteiger partial charge >= 0.3 is 5.76 Å². The van der Waals surface area contributed by atoms with Gasteiger partial charge in [-0.3, -0.25) is 4.98 Å². The fourth-order valence-corrected chi connectivity index (χ4v) is 4.72. The topological polar surface area (TPSA) is 91.0 Å². The molecule has 1 saturated carbocycles. The van der Waals surface area contributed by atoms with Gasteiger partial charge in [0.25, 0.3) is 0 Å². The number of H-pyrrole nitrogens is 1. The monoisotopic (exact) mass is 487 g/mol. The molecule has 2 aromatic carbocycles. The van der Waals surface area contributed by atoms with E-state index in [0.717, 1.165) is 54.7 Å². The number of hydrogen-bond acceptors (Lipinski definition) is 5. The molecule has 1 aromatic heterocycles. The number of aromatic nitrogens is 1. The molecule has 1 unspecified atom stereocenters. The molecule has 0 saturated heterocycles. The van der Waals surface area contributed by atoms with Crippen molar-refractivity contribution in [3.63, 3.8) is 0 Å². The van der Waals surface area contributed by atoms with E-state index in [1.807, 2.05) is 12.1 Å². The van der Waals surface area contributed by atoms with E-state index >= 15 is 0 Å². The van der Waals surface area contributed by atoms with Crippen LogP contribution in [0.3, 0.4) is 0 Å². The van der Waals surface area contributed by atoms with Gasteiger partial charge in [-0.25, -0.2) is 4.79 Å². The summed E-state index contributed by atoms with van der Waals surface area (Å²) in [6.07, 6.45) is 9.72. The fraction of sp³-hybridized carbons (Fsp3) is 0.467. The Morgan fingerprint density at radius 1 is 1.11 bits per heavy atom. The molecule has 1 aliphatic carbocycles. The highest BCUT2D eigenvalue weighted by Gasteiger charge is 2.24. The van der Waals surface area contributed by atoms with Crippen LogP contribution >= 0.6 is 0 Å². The fourth-order valence-electron chi connectivity index (χ4n) is 4.72. The standard InChI is InChI=1S/C30H37N3O3/c1-3-5-6-7-17-35-27(4-2)29(23-9-8-10-23)32-25(20-31)18-21-11-13-22(14-12-21)24-15-16-28-26(19-24)33-30(34)36-28/h11-16,19,25,27,32H,3-10,17-18H2,1-2H3,(H,33,34)/t25?,27-/m0/s1. The van der Waals surface area contributed by atoms with Crippen LogP contribution in [0.1, 0.15) is 70.8 Å². The average molecular weight is 488 g/mol. The predicted molar refractivity (Wildman–Crippen MR) is 144 cm³/mol. The van der Waals surface area contributed by atoms with E-state index in [0.29, 0.717) is 17.5 Å². The first kappa shape index (κ1) is 25.8. The molecular weight excluding hydrogens is 450 g/mol. The molecule has 6 heteroatoms. The Balaban J connectivity index is 1.41. The summed E-state index contributed by atoms with van der Waals surface area (Å²) in [5.74, 6) is -0.448. The maximum atomic E-state index is 11.4. The van der Waals surface area contributed by atoms with Crippen molar-refractivity contribution in [1.29, 1.82) is 5.26 Å². The predicted octanol–water partition coefficient (Wildman–Crippen LogP) is 6.63. The number of unbranched alkanes of at least 4 members (excludes halogenated alkanes) is 3. The SMILES string of the molecule is CCCCCCO[C@@H](CC)C(NC(C#N)Cc1ccc(-c2ccc3oc(=O)[nH]c3c2)cc1)=C1CCC1. The smallest absolute Gasteiger partial charge is 0.408 e. The summed E-state index contributed by atoms with van der Waals surface area (Å²) in [4.78, 5) is 14.1. The molecule has 6 nitrogen and oxygen atoms in total. The lowest BCUT2D eigenvalue weighted by Gasteiger charge is -2.30. The molecule has 0 spiro atoms. The van der Waals surface area contributed by atoms with Crippen molar-refractivity contribution in [2.45, 2.75) is 83.8 Å². The van der Waals surface area contributed by atoms with Crippen LogP contribution in [0.4, 0.5) is 0 Å². The van der Waals surface area contributed by atoms with E-state index in [1.165, 1.54) is 31.3 Å². The zero-order valence-corrected chi connectivity index (χ0v) is 21.4. The number of ether oxygens (including phenoxy) is 1. The lowest BCUT2D eigenvalue weighted by atomic mass is 9.88. The Morgan fingerprint density at radius 3 is 2.56 bits per heavy atom. The van der Waals surface area contributed by atoms with Crippen LogP contribution < -0.4 is 11.1 Å². The molecule has 4 rings (SSSR count). The molecule has 0 aliphatic heterocycles. The second-order valence-electron chi connectivity index (χ2n) is 9.65. The van der Waals surface area contributed by atoms with Gasteiger partial charge in [0, 0.05) is 18.7 Å². The molecule has 1 aliphatic rings. The first-order chi connectivity index (χ1) is 17.6. The Morgan fingerprint density at radius 2 is 1.89 bits per heavy atom. The summed E-state index contributed by atoms with van der Waals surface area (Å²) >= 11 is 0. The van der Waals surface area contributed by atoms with Gasteiger partial charge in [-0.2, -0.15) is 5.26 Å². The quantitative estimate of drug-likeness (QED) is 0.264. The van der Waals surface area contributed by atoms with E-state index in [1.54, 1.807) is 6.07 Å². The number of rotatable bonds is 13. The Kier molecular flexibility index (Phi) is 9.02. The van der Waals surface area contributed by atoms with E-state index in [2.05, 4.69) is 54.5 Å². The highest BCUT2D eigenvalue weighted by atomic mass is 16.5. The zero-order valence-electron chi connectivity index (χ0n) is 21.4. The van der Waals surface area contributed by atoms with Crippen LogP contribution in [0.5, 0.6) is 0 Å². The van der Waals surface area contributed by atoms with Crippen LogP contribution in [0, 0.1) is 11.3 Å². The van der Waals surface area contributed by atoms with Crippen LogP contribution in [0.15, 0.2) is 62.9 Å². The van der Waals surface area contributed by atoms with Crippen molar-refractivity contribution in [2.75, 3.05) is 6.61 Å². The van der Waals surface area contributed by atoms with Crippen molar-refractivity contribution in [3.8, 4) is 17.2 Å². The first-order valence-electron chi connectivity index (χ1n) is 13.3. The van der Waals surface area contributed by atoms with Crippen molar-refractivity contribution in [3.05, 3.63) is 69.8 Å². The van der Waals surface area contributed by atoms with Gasteiger partial charge in [0.15, 0.2) is 5.58 Å². The molecule has 190 valence electrons. The van der Waals surface area contributed by atoms with Gasteiger partial charge in [0.05, 0.1) is 17.7 Å². The first-order valence-corrected chi connectivity index (χ1v) is 13.3. The van der Waals surface area contributed by atoms with Gasteiger partial charge in [0.1, 0.15) is 6.04 Å². The van der Waals surface area contributed by atoms with E-state index in [-0.39, 0.29) is 12.1 Å². The molecule has 3 aromatic rings. The Hall–Kier alpha value is -3.30. The number of benzene rings is 2. The molecule has 0 radical (unpaired) electrons. The Labute approximate surface area is 213 Å². The Bertz CT molecular complexity index is 1260. The highest BCUT2D eigenvalue weighted by molar-refractivity contribution is 5.80. The van der Waals surface area contributed by atoms with Gasteiger partial charge in [-0.15, -0.1) is 0 Å². The van der Waals surface area contributed by atoms with Crippen molar-refractivity contribution < 1.29 is 9.15 Å². The minimum atomic E-state index is -0.448. The number of nitrogens with zero attached hydrogens (tertiary/aromatic N) is 1. The maximum absolute atomic E-state index is 11.4. The number of hydrogen-bond donors (Lipinski definition) is 2. The van der Waals surface area contributed by atoms with Gasteiger partial charge in [-0.05, 0) is 66.5 Å². The second kappa shape index (κ2) is 12.6. The summed E-state index contributed by atoms with van der Waals surface area (Å²) in [7, 11) is 0. The molecule has 2 atom stereocenters. The van der Waals surface area contributed by atoms with Gasteiger partial charge in [-0.1, -0.05) is 63.4 Å². The summed E-state index contributed by atoms with van der Waals surface area (Å²) in [6, 6.07) is 16.1. The molecular formula is C30H37N3O3. The van der Waals surface area contributed by atoms with Crippen LogP contribution in [-0.2, 0) is 11.2 Å². The second-order valence-corrected chi connectivity index (χ2v) is 9.65. The molecule has 1 heterocycles. The molecule has 36 heavy (non-hydrogen) atoms. The summed E-state index contributed by atoms with van der Waals surface area (Å²) in [5, 5.41) is 13.5. The molecule has 2 N–H and O–H groups in total. The minimum absolute atomic E-state index is 0.0319. The van der Waals surface area contributed by atoms with Crippen LogP contribution in [-0.4, -0.2) is 23.7 Å². The number of fused-ring (bicyclic) bond motifs is 1. The number of aromatic amines is 1. The third-order valence-electron chi connectivity index (χ3n) is 6.98. The van der Waals surface area contributed by atoms with E-state index in [9.17, 15) is 10.1 Å². The lowest BCUT2D eigenvalue weighted by molar-refractivity contribution is 0.0652. The summed E-state index contributed by atoms with van der Waals surface area (Å²) in [5.41, 5.74) is 6.94. The largest absolute Gasteiger partial charge is 0.417 e. The van der Waals surface area contributed by atoms with E-state index < -0.39 is 5.76 Å². The maximum Gasteiger partial charge on any atom is 0.417 e. The highest BCUT2D eigenvalue weighted by Crippen LogP contribution is 2.31. The molecule has 0 bridgehead atoms. The number of oxazole rings is 1. The van der Waals surface area contributed by atoms with Gasteiger partial charge in [0.2, 0.25) is 0 Å². The molecule has 0 amide bonds. The minimum Gasteiger partial charge on any atom is -0.408 e. The molecule has 1 fully saturated rings. The average Bonchev–Trinajstić information content (AvgIpc) is 3.24. The summed E-state index contributed by atoms with van der Waals surface area (Å²) < 4.78 is 11.4. The third-order valence-corrected chi connectivity index (χ3v) is 6.98.